The predicted molar refractivity (Wildman–Crippen MR) is 82.8 cm³/mol. The Bertz CT molecular complexity index is 656. The van der Waals surface area contributed by atoms with Crippen molar-refractivity contribution < 1.29 is 19.0 Å². The van der Waals surface area contributed by atoms with Crippen LogP contribution in [0.3, 0.4) is 0 Å². The van der Waals surface area contributed by atoms with Crippen LogP contribution in [0.4, 0.5) is 0 Å². The normalized spacial score (nSPS) is 10.7. The van der Waals surface area contributed by atoms with Crippen LogP contribution in [-0.4, -0.2) is 46.9 Å². The lowest BCUT2D eigenvalue weighted by atomic mass is 10.2. The second-order valence-corrected chi connectivity index (χ2v) is 4.32. The maximum atomic E-state index is 11.4. The lowest BCUT2D eigenvalue weighted by Gasteiger charge is -2.12. The molecule has 1 heterocycles. The molecule has 0 amide bonds. The van der Waals surface area contributed by atoms with Crippen molar-refractivity contribution in [3.05, 3.63) is 36.4 Å². The number of hydrogen-bond donors (Lipinski definition) is 0. The van der Waals surface area contributed by atoms with E-state index in [2.05, 4.69) is 15.3 Å². The first kappa shape index (κ1) is 16.5. The molecule has 0 atom stereocenters. The molecular formula is C15H18N4O4. The van der Waals surface area contributed by atoms with Crippen LogP contribution < -0.4 is 9.47 Å². The first-order valence-corrected chi connectivity index (χ1v) is 7.17. The number of benzene rings is 1. The molecule has 0 aliphatic heterocycles. The molecule has 0 unspecified atom stereocenters. The van der Waals surface area contributed by atoms with Crippen molar-refractivity contribution in [2.24, 2.45) is 5.10 Å². The summed E-state index contributed by atoms with van der Waals surface area (Å²) in [5, 5.41) is 11.5. The third-order valence-electron chi connectivity index (χ3n) is 2.67. The largest absolute Gasteiger partial charge is 0.490 e. The van der Waals surface area contributed by atoms with Gasteiger partial charge in [-0.2, -0.15) is 5.10 Å². The summed E-state index contributed by atoms with van der Waals surface area (Å²) in [7, 11) is 0. The first-order chi connectivity index (χ1) is 11.2. The van der Waals surface area contributed by atoms with E-state index in [4.69, 9.17) is 14.2 Å². The molecule has 0 N–H and O–H groups in total. The predicted octanol–water partition coefficient (Wildman–Crippen LogP) is 1.50. The number of esters is 1. The van der Waals surface area contributed by atoms with Gasteiger partial charge in [-0.15, -0.1) is 10.2 Å². The van der Waals surface area contributed by atoms with Crippen LogP contribution in [0.1, 0.15) is 19.4 Å². The minimum absolute atomic E-state index is 0.165. The van der Waals surface area contributed by atoms with Crippen LogP contribution in [0.15, 0.2) is 36.0 Å². The van der Waals surface area contributed by atoms with Gasteiger partial charge in [-0.1, -0.05) is 0 Å². The van der Waals surface area contributed by atoms with E-state index in [1.54, 1.807) is 31.3 Å². The second kappa shape index (κ2) is 8.52. The van der Waals surface area contributed by atoms with Gasteiger partial charge in [0.1, 0.15) is 12.7 Å². The number of nitrogens with zero attached hydrogens (tertiary/aromatic N) is 4. The minimum Gasteiger partial charge on any atom is -0.490 e. The van der Waals surface area contributed by atoms with Crippen molar-refractivity contribution in [3.63, 3.8) is 0 Å². The highest BCUT2D eigenvalue weighted by Gasteiger charge is 2.09. The van der Waals surface area contributed by atoms with Gasteiger partial charge in [0, 0.05) is 0 Å². The molecular weight excluding hydrogens is 300 g/mol. The van der Waals surface area contributed by atoms with Crippen molar-refractivity contribution in [2.45, 2.75) is 13.8 Å². The molecule has 0 aliphatic carbocycles. The van der Waals surface area contributed by atoms with Gasteiger partial charge in [0.15, 0.2) is 18.1 Å². The maximum absolute atomic E-state index is 11.4. The van der Waals surface area contributed by atoms with Crippen LogP contribution >= 0.6 is 0 Å². The smallest absolute Gasteiger partial charge is 0.344 e. The average molecular weight is 318 g/mol. The second-order valence-electron chi connectivity index (χ2n) is 4.32. The molecule has 1 aromatic heterocycles. The zero-order chi connectivity index (χ0) is 16.5. The Morgan fingerprint density at radius 1 is 1.17 bits per heavy atom. The molecule has 0 aliphatic rings. The lowest BCUT2D eigenvalue weighted by molar-refractivity contribution is -0.145. The van der Waals surface area contributed by atoms with Crippen molar-refractivity contribution in [3.8, 4) is 11.5 Å². The van der Waals surface area contributed by atoms with Gasteiger partial charge in [-0.3, -0.25) is 0 Å². The average Bonchev–Trinajstić information content (AvgIpc) is 3.06. The Hall–Kier alpha value is -2.90. The summed E-state index contributed by atoms with van der Waals surface area (Å²) in [4.78, 5) is 11.4. The Labute approximate surface area is 133 Å². The number of rotatable bonds is 8. The molecule has 0 saturated heterocycles. The summed E-state index contributed by atoms with van der Waals surface area (Å²) in [6, 6.07) is 5.30. The molecule has 0 fully saturated rings. The van der Waals surface area contributed by atoms with E-state index in [9.17, 15) is 4.79 Å². The van der Waals surface area contributed by atoms with E-state index in [0.717, 1.165) is 5.56 Å². The Kier molecular flexibility index (Phi) is 6.10. The first-order valence-electron chi connectivity index (χ1n) is 7.17. The Morgan fingerprint density at radius 2 is 1.96 bits per heavy atom. The van der Waals surface area contributed by atoms with Gasteiger partial charge in [-0.25, -0.2) is 9.47 Å². The van der Waals surface area contributed by atoms with Crippen molar-refractivity contribution in [1.29, 1.82) is 0 Å². The van der Waals surface area contributed by atoms with Gasteiger partial charge in [-0.05, 0) is 37.6 Å². The zero-order valence-corrected chi connectivity index (χ0v) is 13.0. The molecule has 0 radical (unpaired) electrons. The number of carbonyl (C=O) groups is 1. The quantitative estimate of drug-likeness (QED) is 0.541. The summed E-state index contributed by atoms with van der Waals surface area (Å²) >= 11 is 0. The summed E-state index contributed by atoms with van der Waals surface area (Å²) in [6.07, 6.45) is 4.61. The van der Waals surface area contributed by atoms with Gasteiger partial charge < -0.3 is 14.2 Å². The molecule has 1 aromatic carbocycles. The molecule has 8 heteroatoms. The van der Waals surface area contributed by atoms with Gasteiger partial charge in [0.05, 0.1) is 19.4 Å². The van der Waals surface area contributed by atoms with Crippen LogP contribution in [0, 0.1) is 0 Å². The van der Waals surface area contributed by atoms with Crippen LogP contribution in [0.2, 0.25) is 0 Å². The van der Waals surface area contributed by atoms with Gasteiger partial charge in [0.25, 0.3) is 0 Å². The van der Waals surface area contributed by atoms with Gasteiger partial charge >= 0.3 is 5.97 Å². The number of hydrogen-bond acceptors (Lipinski definition) is 7. The molecule has 23 heavy (non-hydrogen) atoms. The van der Waals surface area contributed by atoms with Crippen molar-refractivity contribution >= 4 is 12.2 Å². The standard InChI is InChI=1S/C15H18N4O4/c1-3-21-14-7-12(8-18-19-10-16-17-11-19)5-6-13(14)23-9-15(20)22-4-2/h5-8,10-11H,3-4,9H2,1-2H3/b18-8-. The summed E-state index contributed by atoms with van der Waals surface area (Å²) in [5.41, 5.74) is 0.811. The molecule has 2 aromatic rings. The SMILES string of the molecule is CCOC(=O)COc1ccc(/C=N\n2cnnc2)cc1OCC. The highest BCUT2D eigenvalue weighted by atomic mass is 16.6. The maximum Gasteiger partial charge on any atom is 0.344 e. The molecule has 122 valence electrons. The Morgan fingerprint density at radius 3 is 2.65 bits per heavy atom. The fourth-order valence-electron chi connectivity index (χ4n) is 1.72. The summed E-state index contributed by atoms with van der Waals surface area (Å²) in [5.74, 6) is 0.582. The number of aromatic nitrogens is 3. The fourth-order valence-corrected chi connectivity index (χ4v) is 1.72. The van der Waals surface area contributed by atoms with Crippen LogP contribution in [-0.2, 0) is 9.53 Å². The Balaban J connectivity index is 2.09. The molecule has 0 bridgehead atoms. The van der Waals surface area contributed by atoms with E-state index in [0.29, 0.717) is 24.7 Å². The third-order valence-corrected chi connectivity index (χ3v) is 2.67. The fraction of sp³-hybridized carbons (Fsp3) is 0.333. The van der Waals surface area contributed by atoms with E-state index >= 15 is 0 Å². The third kappa shape index (κ3) is 5.10. The molecule has 0 spiro atoms. The lowest BCUT2D eigenvalue weighted by Crippen LogP contribution is -2.15. The summed E-state index contributed by atoms with van der Waals surface area (Å²) < 4.78 is 17.3. The van der Waals surface area contributed by atoms with Crippen LogP contribution in [0.5, 0.6) is 11.5 Å². The summed E-state index contributed by atoms with van der Waals surface area (Å²) in [6.45, 7) is 4.24. The highest BCUT2D eigenvalue weighted by molar-refractivity contribution is 5.81. The molecule has 0 saturated carbocycles. The van der Waals surface area contributed by atoms with E-state index in [-0.39, 0.29) is 6.61 Å². The van der Waals surface area contributed by atoms with E-state index in [1.165, 1.54) is 17.3 Å². The number of ether oxygens (including phenoxy) is 3. The van der Waals surface area contributed by atoms with Gasteiger partial charge in [0.2, 0.25) is 0 Å². The molecule has 8 nitrogen and oxygen atoms in total. The van der Waals surface area contributed by atoms with E-state index < -0.39 is 5.97 Å². The van der Waals surface area contributed by atoms with E-state index in [1.807, 2.05) is 6.92 Å². The minimum atomic E-state index is -0.423. The van der Waals surface area contributed by atoms with Crippen molar-refractivity contribution in [1.82, 2.24) is 14.9 Å². The topological polar surface area (TPSA) is 87.8 Å². The zero-order valence-electron chi connectivity index (χ0n) is 13.0. The van der Waals surface area contributed by atoms with Crippen molar-refractivity contribution in [2.75, 3.05) is 19.8 Å². The number of carbonyl (C=O) groups excluding carboxylic acids is 1. The highest BCUT2D eigenvalue weighted by Crippen LogP contribution is 2.28. The van der Waals surface area contributed by atoms with Crippen LogP contribution in [0.25, 0.3) is 0 Å². The monoisotopic (exact) mass is 318 g/mol. The molecule has 2 rings (SSSR count).